The molecule has 0 radical (unpaired) electrons. The molecule has 1 aromatic carbocycles. The highest BCUT2D eigenvalue weighted by atomic mass is 16.5. The number of methoxy groups -OCH3 is 1. The van der Waals surface area contributed by atoms with E-state index in [1.165, 1.54) is 6.42 Å². The summed E-state index contributed by atoms with van der Waals surface area (Å²) in [5.74, 6) is 0.499. The van der Waals surface area contributed by atoms with Crippen molar-refractivity contribution >= 4 is 51.0 Å². The van der Waals surface area contributed by atoms with Gasteiger partial charge in [-0.2, -0.15) is 5.10 Å². The Labute approximate surface area is 324 Å². The van der Waals surface area contributed by atoms with E-state index in [0.717, 1.165) is 104 Å². The minimum Gasteiger partial charge on any atom is -0.496 e. The first kappa shape index (κ1) is 36.2. The number of aryl methyl sites for hydroxylation is 1. The molecule has 0 bridgehead atoms. The minimum atomic E-state index is -0.387. The number of fused-ring (bicyclic) bond motifs is 2. The Bertz CT molecular complexity index is 2380. The lowest BCUT2D eigenvalue weighted by Crippen LogP contribution is -2.49. The summed E-state index contributed by atoms with van der Waals surface area (Å²) in [7, 11) is 1.55. The number of ether oxygens (including phenoxy) is 1. The summed E-state index contributed by atoms with van der Waals surface area (Å²) in [5.41, 5.74) is 4.01. The number of likely N-dealkylation sites (tertiary alicyclic amines) is 1. The molecule has 0 spiro atoms. The van der Waals surface area contributed by atoms with Gasteiger partial charge in [0, 0.05) is 73.6 Å². The van der Waals surface area contributed by atoms with E-state index in [1.807, 2.05) is 25.3 Å². The zero-order valence-corrected chi connectivity index (χ0v) is 32.1. The summed E-state index contributed by atoms with van der Waals surface area (Å²) in [6.07, 6.45) is 17.8. The van der Waals surface area contributed by atoms with Gasteiger partial charge in [-0.15, -0.1) is 0 Å². The highest BCUT2D eigenvalue weighted by molar-refractivity contribution is 6.10. The van der Waals surface area contributed by atoms with Gasteiger partial charge in [-0.3, -0.25) is 34.3 Å². The second kappa shape index (κ2) is 14.9. The Morgan fingerprint density at radius 3 is 2.45 bits per heavy atom. The first-order valence-corrected chi connectivity index (χ1v) is 20.1. The number of amides is 4. The van der Waals surface area contributed by atoms with Crippen LogP contribution in [0.5, 0.6) is 5.75 Å². The number of carbonyl (C=O) groups is 3. The predicted molar refractivity (Wildman–Crippen MR) is 214 cm³/mol. The van der Waals surface area contributed by atoms with Crippen LogP contribution in [0, 0.1) is 12.8 Å². The van der Waals surface area contributed by atoms with E-state index in [-0.39, 0.29) is 41.6 Å². The van der Waals surface area contributed by atoms with Crippen LogP contribution in [0.3, 0.4) is 0 Å². The number of nitrogens with zero attached hydrogens (tertiary/aromatic N) is 7. The Morgan fingerprint density at radius 1 is 0.929 bits per heavy atom. The van der Waals surface area contributed by atoms with Crippen LogP contribution >= 0.6 is 0 Å². The molecule has 5 aromatic rings. The molecule has 6 heterocycles. The maximum atomic E-state index is 13.4. The molecular weight excluding hydrogens is 711 g/mol. The summed E-state index contributed by atoms with van der Waals surface area (Å²) in [6, 6.07) is 9.68. The molecule has 14 heteroatoms. The number of hydrogen-bond donors (Lipinski definition) is 2. The summed E-state index contributed by atoms with van der Waals surface area (Å²) in [4.78, 5) is 59.6. The molecule has 0 unspecified atom stereocenters. The number of benzene rings is 1. The van der Waals surface area contributed by atoms with Gasteiger partial charge < -0.3 is 24.1 Å². The fraction of sp³-hybridized carbons (Fsp3) is 0.476. The molecule has 2 aliphatic carbocycles. The normalized spacial score (nSPS) is 21.1. The van der Waals surface area contributed by atoms with Crippen molar-refractivity contribution < 1.29 is 19.1 Å². The highest BCUT2D eigenvalue weighted by Gasteiger charge is 2.30. The quantitative estimate of drug-likeness (QED) is 0.167. The molecule has 4 fully saturated rings. The Hall–Kier alpha value is -5.50. The van der Waals surface area contributed by atoms with Crippen LogP contribution in [0.2, 0.25) is 0 Å². The van der Waals surface area contributed by atoms with Gasteiger partial charge in [0.2, 0.25) is 5.91 Å². The van der Waals surface area contributed by atoms with Crippen molar-refractivity contribution in [2.75, 3.05) is 43.5 Å². The first-order chi connectivity index (χ1) is 27.2. The van der Waals surface area contributed by atoms with Crippen LogP contribution in [0.15, 0.2) is 59.9 Å². The predicted octanol–water partition coefficient (Wildman–Crippen LogP) is 6.36. The second-order valence-electron chi connectivity index (χ2n) is 16.0. The fourth-order valence-corrected chi connectivity index (χ4v) is 9.16. The lowest BCUT2D eigenvalue weighted by molar-refractivity contribution is -0.120. The molecule has 9 rings (SSSR count). The summed E-state index contributed by atoms with van der Waals surface area (Å²) in [6.45, 7) is 5.59. The smallest absolute Gasteiger partial charge is 0.328 e. The van der Waals surface area contributed by atoms with Crippen LogP contribution < -0.4 is 25.8 Å². The van der Waals surface area contributed by atoms with E-state index in [4.69, 9.17) is 9.84 Å². The van der Waals surface area contributed by atoms with Crippen molar-refractivity contribution in [2.24, 2.45) is 5.92 Å². The lowest BCUT2D eigenvalue weighted by Gasteiger charge is -2.35. The van der Waals surface area contributed by atoms with Crippen LogP contribution in [-0.4, -0.2) is 79.9 Å². The third kappa shape index (κ3) is 6.95. The SMILES string of the molecule is COc1cc2nn(C3CCC(CCN4CCC(n5ccc6c(N7CCC(=O)NC7=O)cnc(C)c65)CC4)CC3)cc2cc1C(=O)Nc1cccn(C2CC2)c1=O. The average molecular weight is 760 g/mol. The topological polar surface area (TPSA) is 149 Å². The maximum Gasteiger partial charge on any atom is 0.328 e. The lowest BCUT2D eigenvalue weighted by atomic mass is 9.84. The molecule has 2 saturated heterocycles. The van der Waals surface area contributed by atoms with Crippen molar-refractivity contribution in [1.82, 2.24) is 34.1 Å². The Kier molecular flexibility index (Phi) is 9.60. The van der Waals surface area contributed by atoms with E-state index in [2.05, 4.69) is 42.0 Å². The van der Waals surface area contributed by atoms with Gasteiger partial charge in [0.15, 0.2) is 0 Å². The number of imide groups is 1. The third-order valence-electron chi connectivity index (χ3n) is 12.5. The zero-order valence-electron chi connectivity index (χ0n) is 32.1. The second-order valence-corrected chi connectivity index (χ2v) is 16.0. The van der Waals surface area contributed by atoms with Gasteiger partial charge in [-0.05, 0) is 101 Å². The van der Waals surface area contributed by atoms with Crippen LogP contribution in [0.4, 0.5) is 16.2 Å². The Morgan fingerprint density at radius 2 is 1.70 bits per heavy atom. The van der Waals surface area contributed by atoms with Gasteiger partial charge in [-0.1, -0.05) is 0 Å². The monoisotopic (exact) mass is 759 g/mol. The van der Waals surface area contributed by atoms with Crippen LogP contribution in [-0.2, 0) is 4.79 Å². The molecule has 14 nitrogen and oxygen atoms in total. The van der Waals surface area contributed by atoms with Gasteiger partial charge >= 0.3 is 6.03 Å². The molecule has 292 valence electrons. The number of piperidine rings is 1. The molecule has 4 amide bonds. The zero-order chi connectivity index (χ0) is 38.5. The van der Waals surface area contributed by atoms with E-state index in [9.17, 15) is 19.2 Å². The first-order valence-electron chi connectivity index (χ1n) is 20.1. The largest absolute Gasteiger partial charge is 0.496 e. The van der Waals surface area contributed by atoms with Crippen molar-refractivity contribution in [3.63, 3.8) is 0 Å². The summed E-state index contributed by atoms with van der Waals surface area (Å²) >= 11 is 0. The van der Waals surface area contributed by atoms with Gasteiger partial charge in [0.25, 0.3) is 11.5 Å². The number of rotatable bonds is 10. The summed E-state index contributed by atoms with van der Waals surface area (Å²) in [5, 5.41) is 12.0. The number of pyridine rings is 2. The molecule has 56 heavy (non-hydrogen) atoms. The van der Waals surface area contributed by atoms with Crippen LogP contribution in [0.1, 0.15) is 98.4 Å². The molecule has 4 aliphatic rings. The number of urea groups is 1. The van der Waals surface area contributed by atoms with Crippen molar-refractivity contribution in [2.45, 2.75) is 89.3 Å². The summed E-state index contributed by atoms with van der Waals surface area (Å²) < 4.78 is 11.7. The highest BCUT2D eigenvalue weighted by Crippen LogP contribution is 2.38. The molecule has 2 N–H and O–H groups in total. The molecular formula is C42H49N9O5. The van der Waals surface area contributed by atoms with Gasteiger partial charge in [0.05, 0.1) is 47.3 Å². The number of carbonyl (C=O) groups excluding carboxylic acids is 3. The molecule has 0 atom stereocenters. The van der Waals surface area contributed by atoms with Crippen LogP contribution in [0.25, 0.3) is 21.8 Å². The van der Waals surface area contributed by atoms with E-state index < -0.39 is 0 Å². The van der Waals surface area contributed by atoms with E-state index in [1.54, 1.807) is 41.1 Å². The number of hydrogen-bond acceptors (Lipinski definition) is 8. The third-order valence-corrected chi connectivity index (χ3v) is 12.5. The number of nitrogens with one attached hydrogen (secondary N) is 2. The Balaban J connectivity index is 0.782. The fourth-order valence-electron chi connectivity index (χ4n) is 9.16. The van der Waals surface area contributed by atoms with Crippen molar-refractivity contribution in [3.05, 3.63) is 76.7 Å². The van der Waals surface area contributed by atoms with Crippen molar-refractivity contribution in [3.8, 4) is 5.75 Å². The average Bonchev–Trinajstić information content (AvgIpc) is 3.81. The maximum absolute atomic E-state index is 13.4. The molecule has 2 aliphatic heterocycles. The van der Waals surface area contributed by atoms with E-state index in [0.29, 0.717) is 35.9 Å². The van der Waals surface area contributed by atoms with E-state index >= 15 is 0 Å². The minimum absolute atomic E-state index is 0.186. The van der Waals surface area contributed by atoms with Gasteiger partial charge in [-0.25, -0.2) is 4.79 Å². The van der Waals surface area contributed by atoms with Gasteiger partial charge in [0.1, 0.15) is 11.4 Å². The standard InChI is InChI=1S/C42H49N9O5/c1-26-39-32(36(24-43-26)50-21-15-38(52)45-42(50)55)14-20-48(39)30-12-18-47(19-13-30)17-11-27-5-7-31(8-6-27)51-25-28-22-33(37(56-2)23-35(28)46-51)40(53)44-34-4-3-16-49(41(34)54)29-9-10-29/h3-4,14,16,20,22-25,27,29-31H,5-13,15,17-19,21H2,1-2H3,(H,44,53)(H,45,52,55). The molecule has 2 saturated carbocycles. The number of aromatic nitrogens is 5. The number of anilines is 2. The van der Waals surface area contributed by atoms with Crippen molar-refractivity contribution in [1.29, 1.82) is 0 Å². The molecule has 4 aromatic heterocycles.